The van der Waals surface area contributed by atoms with Crippen molar-refractivity contribution in [3.05, 3.63) is 23.8 Å². The van der Waals surface area contributed by atoms with E-state index in [2.05, 4.69) is 10.7 Å². The summed E-state index contributed by atoms with van der Waals surface area (Å²) in [5.74, 6) is -1.27. The lowest BCUT2D eigenvalue weighted by atomic mass is 10.1. The molecule has 2 amide bonds. The molecule has 0 radical (unpaired) electrons. The zero-order valence-electron chi connectivity index (χ0n) is 15.7. The second-order valence-electron chi connectivity index (χ2n) is 6.49. The number of nitrogens with zero attached hydrogens (tertiary/aromatic N) is 2. The van der Waals surface area contributed by atoms with E-state index >= 15 is 0 Å². The third-order valence-corrected chi connectivity index (χ3v) is 7.19. The van der Waals surface area contributed by atoms with Crippen LogP contribution in [0.1, 0.15) is 18.9 Å². The minimum absolute atomic E-state index is 0.0197. The van der Waals surface area contributed by atoms with Gasteiger partial charge in [-0.2, -0.15) is 0 Å². The Labute approximate surface area is 177 Å². The van der Waals surface area contributed by atoms with Crippen LogP contribution in [0.25, 0.3) is 0 Å². The van der Waals surface area contributed by atoms with Crippen LogP contribution < -0.4 is 10.7 Å². The first-order valence-electron chi connectivity index (χ1n) is 8.38. The quantitative estimate of drug-likeness (QED) is 0.614. The first kappa shape index (κ1) is 23.7. The lowest BCUT2D eigenvalue weighted by molar-refractivity contribution is -0.143. The van der Waals surface area contributed by atoms with Crippen LogP contribution in [-0.2, 0) is 19.6 Å². The fraction of sp³-hybridized carbons (Fsp3) is 0.500. The Bertz CT molecular complexity index is 901. The van der Waals surface area contributed by atoms with Gasteiger partial charge in [0.1, 0.15) is 11.4 Å². The molecule has 0 spiro atoms. The Kier molecular flexibility index (Phi) is 7.44. The lowest BCUT2D eigenvalue weighted by Crippen LogP contribution is -2.62. The molecule has 13 heteroatoms. The highest BCUT2D eigenvalue weighted by atomic mass is 35.5. The SMILES string of the molecule is C[C@H](C(=O)Nc1ccc(C(F)F)c(S(=O)(=O)N(C)C)c1)N1NCC(Cl)C(Cl)C1=O. The highest BCUT2D eigenvalue weighted by Crippen LogP contribution is 2.30. The summed E-state index contributed by atoms with van der Waals surface area (Å²) in [6.07, 6.45) is -3.03. The Hall–Kier alpha value is -1.53. The summed E-state index contributed by atoms with van der Waals surface area (Å²) in [5, 5.41) is 1.79. The number of amides is 2. The summed E-state index contributed by atoms with van der Waals surface area (Å²) in [6, 6.07) is 2.01. The molecule has 162 valence electrons. The van der Waals surface area contributed by atoms with Crippen molar-refractivity contribution in [1.29, 1.82) is 0 Å². The first-order valence-corrected chi connectivity index (χ1v) is 10.7. The fourth-order valence-electron chi connectivity index (χ4n) is 2.56. The molecule has 0 aromatic heterocycles. The Morgan fingerprint density at radius 1 is 1.34 bits per heavy atom. The van der Waals surface area contributed by atoms with E-state index in [9.17, 15) is 26.8 Å². The monoisotopic (exact) mass is 472 g/mol. The van der Waals surface area contributed by atoms with Crippen LogP contribution in [0.4, 0.5) is 14.5 Å². The van der Waals surface area contributed by atoms with Crippen LogP contribution in [0.2, 0.25) is 0 Å². The van der Waals surface area contributed by atoms with E-state index in [0.29, 0.717) is 0 Å². The summed E-state index contributed by atoms with van der Waals surface area (Å²) in [7, 11) is -1.77. The average Bonchev–Trinajstić information content (AvgIpc) is 2.65. The number of sulfonamides is 1. The van der Waals surface area contributed by atoms with Crippen LogP contribution in [-0.4, -0.2) is 67.0 Å². The molecule has 2 N–H and O–H groups in total. The molecule has 1 saturated heterocycles. The van der Waals surface area contributed by atoms with Crippen molar-refractivity contribution in [2.75, 3.05) is 26.0 Å². The molecule has 0 bridgehead atoms. The number of benzene rings is 1. The van der Waals surface area contributed by atoms with Crippen molar-refractivity contribution in [1.82, 2.24) is 14.7 Å². The molecule has 8 nitrogen and oxygen atoms in total. The number of hydrazine groups is 1. The normalized spacial score (nSPS) is 21.6. The predicted octanol–water partition coefficient (Wildman–Crippen LogP) is 1.76. The fourth-order valence-corrected chi connectivity index (χ4v) is 4.05. The van der Waals surface area contributed by atoms with E-state index in [-0.39, 0.29) is 12.2 Å². The van der Waals surface area contributed by atoms with Crippen molar-refractivity contribution >= 4 is 50.7 Å². The van der Waals surface area contributed by atoms with Crippen LogP contribution in [0.15, 0.2) is 23.1 Å². The molecule has 1 aliphatic heterocycles. The summed E-state index contributed by atoms with van der Waals surface area (Å²) >= 11 is 11.8. The van der Waals surface area contributed by atoms with Gasteiger partial charge in [0.05, 0.1) is 10.3 Å². The van der Waals surface area contributed by atoms with Gasteiger partial charge in [0, 0.05) is 31.9 Å². The standard InChI is InChI=1S/C16H20Cl2F2N4O4S/c1-8(24-16(26)13(18)11(17)7-21-24)15(25)22-9-4-5-10(14(19)20)12(6-9)29(27,28)23(2)3/h4-6,8,11,13-14,21H,7H2,1-3H3,(H,22,25)/t8-,11?,13?/m1/s1. The summed E-state index contributed by atoms with van der Waals surface area (Å²) in [5.41, 5.74) is 1.99. The van der Waals surface area contributed by atoms with E-state index in [1.54, 1.807) is 0 Å². The molecule has 2 rings (SSSR count). The molecule has 3 atom stereocenters. The number of rotatable bonds is 6. The molecule has 1 aromatic carbocycles. The van der Waals surface area contributed by atoms with E-state index in [0.717, 1.165) is 27.5 Å². The maximum absolute atomic E-state index is 13.3. The van der Waals surface area contributed by atoms with Gasteiger partial charge >= 0.3 is 0 Å². The Morgan fingerprint density at radius 3 is 2.52 bits per heavy atom. The number of hydrogen-bond donors (Lipinski definition) is 2. The molecule has 1 heterocycles. The first-order chi connectivity index (χ1) is 13.4. The molecular formula is C16H20Cl2F2N4O4S. The molecule has 2 unspecified atom stereocenters. The van der Waals surface area contributed by atoms with Crippen molar-refractivity contribution in [3.8, 4) is 0 Å². The average molecular weight is 473 g/mol. The summed E-state index contributed by atoms with van der Waals surface area (Å²) < 4.78 is 52.0. The molecule has 0 saturated carbocycles. The molecule has 29 heavy (non-hydrogen) atoms. The van der Waals surface area contributed by atoms with Gasteiger partial charge in [-0.3, -0.25) is 14.6 Å². The van der Waals surface area contributed by atoms with Gasteiger partial charge in [0.15, 0.2) is 0 Å². The molecule has 1 aliphatic rings. The lowest BCUT2D eigenvalue weighted by Gasteiger charge is -2.36. The van der Waals surface area contributed by atoms with Crippen molar-refractivity contribution in [3.63, 3.8) is 0 Å². The molecule has 1 fully saturated rings. The largest absolute Gasteiger partial charge is 0.324 e. The number of nitrogens with one attached hydrogen (secondary N) is 2. The maximum Gasteiger partial charge on any atom is 0.265 e. The zero-order chi connectivity index (χ0) is 22.1. The Morgan fingerprint density at radius 2 is 1.97 bits per heavy atom. The number of halogens is 4. The number of carbonyl (C=O) groups is 2. The van der Waals surface area contributed by atoms with Crippen molar-refractivity contribution < 1.29 is 26.8 Å². The van der Waals surface area contributed by atoms with Crippen LogP contribution in [0.3, 0.4) is 0 Å². The van der Waals surface area contributed by atoms with Crippen molar-refractivity contribution in [2.45, 2.75) is 35.0 Å². The van der Waals surface area contributed by atoms with Gasteiger partial charge in [-0.05, 0) is 25.1 Å². The second-order valence-corrected chi connectivity index (χ2v) is 9.65. The topological polar surface area (TPSA) is 98.8 Å². The third-order valence-electron chi connectivity index (χ3n) is 4.29. The van der Waals surface area contributed by atoms with E-state index in [4.69, 9.17) is 23.2 Å². The van der Waals surface area contributed by atoms with Gasteiger partial charge in [0.2, 0.25) is 15.9 Å². The van der Waals surface area contributed by atoms with E-state index < -0.39 is 55.5 Å². The summed E-state index contributed by atoms with van der Waals surface area (Å²) in [6.45, 7) is 1.58. The number of carbonyl (C=O) groups excluding carboxylic acids is 2. The molecule has 1 aromatic rings. The van der Waals surface area contributed by atoms with Crippen LogP contribution >= 0.6 is 23.2 Å². The maximum atomic E-state index is 13.3. The van der Waals surface area contributed by atoms with Gasteiger partial charge in [-0.1, -0.05) is 0 Å². The Balaban J connectivity index is 2.28. The predicted molar refractivity (Wildman–Crippen MR) is 104 cm³/mol. The number of anilines is 1. The van der Waals surface area contributed by atoms with Gasteiger partial charge in [-0.15, -0.1) is 23.2 Å². The second kappa shape index (κ2) is 9.09. The van der Waals surface area contributed by atoms with E-state index in [1.807, 2.05) is 0 Å². The molecule has 0 aliphatic carbocycles. The van der Waals surface area contributed by atoms with Gasteiger partial charge < -0.3 is 5.32 Å². The minimum Gasteiger partial charge on any atom is -0.324 e. The zero-order valence-corrected chi connectivity index (χ0v) is 18.0. The van der Waals surface area contributed by atoms with Gasteiger partial charge in [0.25, 0.3) is 12.3 Å². The van der Waals surface area contributed by atoms with Crippen LogP contribution in [0, 0.1) is 0 Å². The third kappa shape index (κ3) is 4.97. The highest BCUT2D eigenvalue weighted by molar-refractivity contribution is 7.89. The van der Waals surface area contributed by atoms with Gasteiger partial charge in [-0.25, -0.2) is 26.9 Å². The highest BCUT2D eigenvalue weighted by Gasteiger charge is 2.38. The van der Waals surface area contributed by atoms with Crippen molar-refractivity contribution in [2.24, 2.45) is 0 Å². The van der Waals surface area contributed by atoms with E-state index in [1.165, 1.54) is 21.0 Å². The minimum atomic E-state index is -4.18. The molecular weight excluding hydrogens is 453 g/mol. The number of alkyl halides is 4. The summed E-state index contributed by atoms with van der Waals surface area (Å²) in [4.78, 5) is 24.1. The smallest absolute Gasteiger partial charge is 0.265 e. The van der Waals surface area contributed by atoms with Crippen LogP contribution in [0.5, 0.6) is 0 Å². The number of hydrogen-bond acceptors (Lipinski definition) is 5.